The van der Waals surface area contributed by atoms with Crippen LogP contribution in [-0.4, -0.2) is 24.0 Å². The zero-order chi connectivity index (χ0) is 23.5. The van der Waals surface area contributed by atoms with E-state index in [4.69, 9.17) is 9.47 Å². The molecule has 3 aromatic rings. The number of halogens is 1. The molecule has 2 N–H and O–H groups in total. The number of para-hydroxylation sites is 1. The van der Waals surface area contributed by atoms with E-state index in [1.54, 1.807) is 54.6 Å². The molecule has 1 atom stereocenters. The average Bonchev–Trinajstić information content (AvgIpc) is 2.84. The summed E-state index contributed by atoms with van der Waals surface area (Å²) in [6, 6.07) is 22.2. The lowest BCUT2D eigenvalue weighted by atomic mass is 10.2. The number of hydrogen-bond donors (Lipinski definition) is 2. The third-order valence-electron chi connectivity index (χ3n) is 4.57. The zero-order valence-corrected chi connectivity index (χ0v) is 17.7. The standard InChI is InChI=1S/C25H23FN2O5/c26-20-13-7-8-14-21(20)27-24(30)22(15-23(29)32-16-18-9-3-1-4-10-18)28-25(31)33-17-19-11-5-2-6-12-19/h1-14,22H,15-17H2,(H,27,30)(H,28,31)/t22-/m0/s1. The molecule has 7 nitrogen and oxygen atoms in total. The second kappa shape index (κ2) is 12.0. The number of ether oxygens (including phenoxy) is 2. The number of anilines is 1. The maximum Gasteiger partial charge on any atom is 0.408 e. The van der Waals surface area contributed by atoms with Gasteiger partial charge in [0.1, 0.15) is 25.1 Å². The fourth-order valence-electron chi connectivity index (χ4n) is 2.86. The largest absolute Gasteiger partial charge is 0.461 e. The predicted molar refractivity (Wildman–Crippen MR) is 119 cm³/mol. The maximum absolute atomic E-state index is 13.9. The summed E-state index contributed by atoms with van der Waals surface area (Å²) in [6.07, 6.45) is -1.36. The first-order valence-electron chi connectivity index (χ1n) is 10.2. The first-order chi connectivity index (χ1) is 16.0. The van der Waals surface area contributed by atoms with E-state index in [0.29, 0.717) is 0 Å². The molecule has 170 valence electrons. The SMILES string of the molecule is O=C(C[C@H](NC(=O)OCc1ccccc1)C(=O)Nc1ccccc1F)OCc1ccccc1. The highest BCUT2D eigenvalue weighted by Crippen LogP contribution is 2.14. The van der Waals surface area contributed by atoms with E-state index in [9.17, 15) is 18.8 Å². The number of benzene rings is 3. The number of esters is 1. The molecule has 8 heteroatoms. The van der Waals surface area contributed by atoms with E-state index in [2.05, 4.69) is 10.6 Å². The quantitative estimate of drug-likeness (QED) is 0.477. The van der Waals surface area contributed by atoms with Crippen molar-refractivity contribution < 1.29 is 28.2 Å². The van der Waals surface area contributed by atoms with Crippen molar-refractivity contribution in [1.29, 1.82) is 0 Å². The molecular formula is C25H23FN2O5. The van der Waals surface area contributed by atoms with Gasteiger partial charge in [-0.3, -0.25) is 9.59 Å². The number of alkyl carbamates (subject to hydrolysis) is 1. The summed E-state index contributed by atoms with van der Waals surface area (Å²) in [5.41, 5.74) is 1.44. The Morgan fingerprint density at radius 3 is 1.91 bits per heavy atom. The van der Waals surface area contributed by atoms with Crippen LogP contribution in [0, 0.1) is 5.82 Å². The molecule has 0 saturated carbocycles. The van der Waals surface area contributed by atoms with Gasteiger partial charge in [0.2, 0.25) is 5.91 Å². The molecule has 0 heterocycles. The number of carbonyl (C=O) groups excluding carboxylic acids is 3. The minimum absolute atomic E-state index is 0.0137. The molecular weight excluding hydrogens is 427 g/mol. The Balaban J connectivity index is 1.62. The van der Waals surface area contributed by atoms with E-state index in [1.165, 1.54) is 18.2 Å². The van der Waals surface area contributed by atoms with Gasteiger partial charge in [0.25, 0.3) is 0 Å². The number of nitrogens with one attached hydrogen (secondary N) is 2. The Hall–Kier alpha value is -4.20. The minimum Gasteiger partial charge on any atom is -0.461 e. The smallest absolute Gasteiger partial charge is 0.408 e. The van der Waals surface area contributed by atoms with Crippen LogP contribution in [-0.2, 0) is 32.3 Å². The topological polar surface area (TPSA) is 93.7 Å². The summed E-state index contributed by atoms with van der Waals surface area (Å²) < 4.78 is 24.3. The summed E-state index contributed by atoms with van der Waals surface area (Å²) in [4.78, 5) is 37.3. The molecule has 0 fully saturated rings. The zero-order valence-electron chi connectivity index (χ0n) is 17.7. The van der Waals surface area contributed by atoms with Crippen molar-refractivity contribution in [2.75, 3.05) is 5.32 Å². The summed E-state index contributed by atoms with van der Waals surface area (Å²) in [5, 5.41) is 4.74. The summed E-state index contributed by atoms with van der Waals surface area (Å²) in [6.45, 7) is -0.00738. The van der Waals surface area contributed by atoms with E-state index in [0.717, 1.165) is 11.1 Å². The van der Waals surface area contributed by atoms with Crippen LogP contribution >= 0.6 is 0 Å². The molecule has 0 radical (unpaired) electrons. The van der Waals surface area contributed by atoms with Crippen molar-refractivity contribution in [1.82, 2.24) is 5.32 Å². The number of amides is 2. The van der Waals surface area contributed by atoms with Crippen LogP contribution in [0.15, 0.2) is 84.9 Å². The number of rotatable bonds is 9. The molecule has 0 unspecified atom stereocenters. The van der Waals surface area contributed by atoms with Crippen molar-refractivity contribution in [3.63, 3.8) is 0 Å². The third kappa shape index (κ3) is 7.77. The van der Waals surface area contributed by atoms with Gasteiger partial charge in [-0.25, -0.2) is 9.18 Å². The van der Waals surface area contributed by atoms with Crippen LogP contribution in [0.4, 0.5) is 14.9 Å². The highest BCUT2D eigenvalue weighted by molar-refractivity contribution is 5.98. The van der Waals surface area contributed by atoms with Gasteiger partial charge in [0, 0.05) is 0 Å². The lowest BCUT2D eigenvalue weighted by Crippen LogP contribution is -2.45. The van der Waals surface area contributed by atoms with Gasteiger partial charge in [0.05, 0.1) is 12.1 Å². The molecule has 0 aromatic heterocycles. The molecule has 0 aliphatic heterocycles. The fraction of sp³-hybridized carbons (Fsp3) is 0.160. The van der Waals surface area contributed by atoms with Gasteiger partial charge in [-0.05, 0) is 23.3 Å². The maximum atomic E-state index is 13.9. The normalized spacial score (nSPS) is 11.2. The van der Waals surface area contributed by atoms with E-state index < -0.39 is 36.2 Å². The Bertz CT molecular complexity index is 1020. The molecule has 3 aromatic carbocycles. The van der Waals surface area contributed by atoms with Gasteiger partial charge < -0.3 is 20.1 Å². The molecule has 0 bridgehead atoms. The minimum atomic E-state index is -1.34. The molecule has 0 aliphatic rings. The molecule has 2 amide bonds. The highest BCUT2D eigenvalue weighted by atomic mass is 19.1. The van der Waals surface area contributed by atoms with Crippen molar-refractivity contribution in [2.24, 2.45) is 0 Å². The third-order valence-corrected chi connectivity index (χ3v) is 4.57. The Morgan fingerprint density at radius 2 is 1.30 bits per heavy atom. The number of hydrogen-bond acceptors (Lipinski definition) is 5. The summed E-state index contributed by atoms with van der Waals surface area (Å²) in [7, 11) is 0. The lowest BCUT2D eigenvalue weighted by Gasteiger charge is -2.18. The van der Waals surface area contributed by atoms with Crippen molar-refractivity contribution >= 4 is 23.7 Å². The first-order valence-corrected chi connectivity index (χ1v) is 10.2. The monoisotopic (exact) mass is 450 g/mol. The first kappa shape index (κ1) is 23.5. The number of carbonyl (C=O) groups is 3. The molecule has 3 rings (SSSR count). The van der Waals surface area contributed by atoms with Crippen LogP contribution in [0.1, 0.15) is 17.5 Å². The lowest BCUT2D eigenvalue weighted by molar-refractivity contribution is -0.146. The van der Waals surface area contributed by atoms with Crippen LogP contribution in [0.25, 0.3) is 0 Å². The van der Waals surface area contributed by atoms with Gasteiger partial charge >= 0.3 is 12.1 Å². The summed E-state index contributed by atoms with van der Waals surface area (Å²) in [5.74, 6) is -2.15. The fourth-order valence-corrected chi connectivity index (χ4v) is 2.86. The van der Waals surface area contributed by atoms with Gasteiger partial charge in [-0.15, -0.1) is 0 Å². The van der Waals surface area contributed by atoms with Gasteiger partial charge in [-0.1, -0.05) is 72.8 Å². The van der Waals surface area contributed by atoms with Crippen LogP contribution in [0.3, 0.4) is 0 Å². The second-order valence-corrected chi connectivity index (χ2v) is 7.08. The van der Waals surface area contributed by atoms with E-state index in [-0.39, 0.29) is 18.9 Å². The Kier molecular flexibility index (Phi) is 8.53. The predicted octanol–water partition coefficient (Wildman–Crippen LogP) is 4.19. The summed E-state index contributed by atoms with van der Waals surface area (Å²) >= 11 is 0. The van der Waals surface area contributed by atoms with Crippen molar-refractivity contribution in [3.8, 4) is 0 Å². The van der Waals surface area contributed by atoms with E-state index in [1.807, 2.05) is 12.1 Å². The Labute approximate surface area is 190 Å². The van der Waals surface area contributed by atoms with Crippen LogP contribution in [0.2, 0.25) is 0 Å². The molecule has 0 spiro atoms. The van der Waals surface area contributed by atoms with Crippen LogP contribution in [0.5, 0.6) is 0 Å². The Morgan fingerprint density at radius 1 is 0.758 bits per heavy atom. The van der Waals surface area contributed by atoms with Gasteiger partial charge in [-0.2, -0.15) is 0 Å². The van der Waals surface area contributed by atoms with Crippen LogP contribution < -0.4 is 10.6 Å². The second-order valence-electron chi connectivity index (χ2n) is 7.08. The highest BCUT2D eigenvalue weighted by Gasteiger charge is 2.26. The molecule has 0 aliphatic carbocycles. The molecule has 0 saturated heterocycles. The molecule has 33 heavy (non-hydrogen) atoms. The average molecular weight is 450 g/mol. The van der Waals surface area contributed by atoms with Gasteiger partial charge in [0.15, 0.2) is 0 Å². The van der Waals surface area contributed by atoms with E-state index >= 15 is 0 Å². The van der Waals surface area contributed by atoms with Crippen molar-refractivity contribution in [3.05, 3.63) is 102 Å². The van der Waals surface area contributed by atoms with Crippen molar-refractivity contribution in [2.45, 2.75) is 25.7 Å².